The minimum atomic E-state index is -0.400. The highest BCUT2D eigenvalue weighted by atomic mass is 35.5. The number of hydrogen-bond acceptors (Lipinski definition) is 4. The van der Waals surface area contributed by atoms with Crippen LogP contribution in [0.15, 0.2) is 49.1 Å². The molecule has 2 aromatic heterocycles. The zero-order valence-corrected chi connectivity index (χ0v) is 12.6. The van der Waals surface area contributed by atoms with E-state index in [1.165, 1.54) is 0 Å². The van der Waals surface area contributed by atoms with Crippen LogP contribution in [0.25, 0.3) is 5.82 Å². The highest BCUT2D eigenvalue weighted by molar-refractivity contribution is 6.35. The van der Waals surface area contributed by atoms with Gasteiger partial charge in [0.25, 0.3) is 5.91 Å². The van der Waals surface area contributed by atoms with Crippen molar-refractivity contribution in [3.05, 3.63) is 64.8 Å². The van der Waals surface area contributed by atoms with Crippen LogP contribution in [-0.2, 0) is 0 Å². The van der Waals surface area contributed by atoms with Crippen LogP contribution in [0.4, 0.5) is 5.69 Å². The maximum atomic E-state index is 12.1. The Hall–Kier alpha value is -2.44. The Morgan fingerprint density at radius 1 is 1.09 bits per heavy atom. The number of aromatic nitrogens is 4. The van der Waals surface area contributed by atoms with Gasteiger partial charge in [0.2, 0.25) is 0 Å². The number of nitrogens with zero attached hydrogens (tertiary/aromatic N) is 4. The summed E-state index contributed by atoms with van der Waals surface area (Å²) in [6.45, 7) is 0. The van der Waals surface area contributed by atoms with Crippen LogP contribution >= 0.6 is 23.2 Å². The Morgan fingerprint density at radius 3 is 2.45 bits per heavy atom. The van der Waals surface area contributed by atoms with Crippen LogP contribution in [0.5, 0.6) is 0 Å². The second kappa shape index (κ2) is 6.13. The van der Waals surface area contributed by atoms with Crippen LogP contribution in [0.1, 0.15) is 10.5 Å². The monoisotopic (exact) mass is 333 g/mol. The number of carbonyl (C=O) groups is 1. The van der Waals surface area contributed by atoms with Crippen LogP contribution < -0.4 is 5.32 Å². The van der Waals surface area contributed by atoms with Crippen molar-refractivity contribution < 1.29 is 4.79 Å². The van der Waals surface area contributed by atoms with E-state index in [0.717, 1.165) is 0 Å². The lowest BCUT2D eigenvalue weighted by atomic mass is 10.3. The first-order chi connectivity index (χ1) is 10.6. The number of anilines is 1. The molecular weight excluding hydrogens is 325 g/mol. The predicted octanol–water partition coefficient (Wildman–Crippen LogP) is 3.22. The van der Waals surface area contributed by atoms with Crippen molar-refractivity contribution in [3.63, 3.8) is 0 Å². The third-order valence-electron chi connectivity index (χ3n) is 2.77. The maximum absolute atomic E-state index is 12.1. The third-order valence-corrected chi connectivity index (χ3v) is 3.21. The summed E-state index contributed by atoms with van der Waals surface area (Å²) in [7, 11) is 0. The molecule has 0 atom stereocenters. The van der Waals surface area contributed by atoms with E-state index in [4.69, 9.17) is 23.2 Å². The van der Waals surface area contributed by atoms with Crippen molar-refractivity contribution in [1.82, 2.24) is 19.7 Å². The fraction of sp³-hybridized carbons (Fsp3) is 0. The molecule has 3 aromatic rings. The molecule has 0 aliphatic carbocycles. The lowest BCUT2D eigenvalue weighted by Gasteiger charge is -2.06. The second-order valence-electron chi connectivity index (χ2n) is 4.36. The number of amides is 1. The average Bonchev–Trinajstić information content (AvgIpc) is 3.00. The Balaban J connectivity index is 1.77. The molecular formula is C14H9Cl2N5O. The van der Waals surface area contributed by atoms with Gasteiger partial charge in [0, 0.05) is 28.1 Å². The molecule has 0 spiro atoms. The number of rotatable bonds is 3. The molecule has 110 valence electrons. The van der Waals surface area contributed by atoms with Crippen molar-refractivity contribution in [3.8, 4) is 5.82 Å². The van der Waals surface area contributed by atoms with Crippen molar-refractivity contribution in [1.29, 1.82) is 0 Å². The van der Waals surface area contributed by atoms with Gasteiger partial charge in [-0.05, 0) is 30.3 Å². The zero-order chi connectivity index (χ0) is 15.5. The normalized spacial score (nSPS) is 10.5. The van der Waals surface area contributed by atoms with E-state index < -0.39 is 5.91 Å². The minimum Gasteiger partial charge on any atom is -0.320 e. The molecule has 2 heterocycles. The van der Waals surface area contributed by atoms with E-state index in [1.54, 1.807) is 53.6 Å². The molecule has 1 N–H and O–H groups in total. The summed E-state index contributed by atoms with van der Waals surface area (Å²) in [6.07, 6.45) is 4.96. The summed E-state index contributed by atoms with van der Waals surface area (Å²) in [6, 6.07) is 8.02. The number of imidazole rings is 1. The summed E-state index contributed by atoms with van der Waals surface area (Å²) in [5, 5.41) is 11.4. The van der Waals surface area contributed by atoms with Crippen molar-refractivity contribution in [2.75, 3.05) is 5.32 Å². The molecule has 22 heavy (non-hydrogen) atoms. The molecule has 0 saturated carbocycles. The summed E-state index contributed by atoms with van der Waals surface area (Å²) in [5.41, 5.74) is 0.669. The Morgan fingerprint density at radius 2 is 1.86 bits per heavy atom. The average molecular weight is 334 g/mol. The lowest BCUT2D eigenvalue weighted by molar-refractivity contribution is 0.102. The van der Waals surface area contributed by atoms with Gasteiger partial charge >= 0.3 is 0 Å². The van der Waals surface area contributed by atoms with Gasteiger partial charge in [-0.2, -0.15) is 0 Å². The fourth-order valence-corrected chi connectivity index (χ4v) is 2.33. The SMILES string of the molecule is O=C(Nc1cc(Cl)cc(Cl)c1)c1ccc(-n2ccnc2)nn1. The smallest absolute Gasteiger partial charge is 0.276 e. The highest BCUT2D eigenvalue weighted by Crippen LogP contribution is 2.22. The first kappa shape index (κ1) is 14.5. The number of hydrogen-bond donors (Lipinski definition) is 1. The van der Waals surface area contributed by atoms with Gasteiger partial charge in [-0.1, -0.05) is 23.2 Å². The molecule has 1 amide bonds. The number of halogens is 2. The molecule has 0 aliphatic rings. The summed E-state index contributed by atoms with van der Waals surface area (Å²) < 4.78 is 1.69. The summed E-state index contributed by atoms with van der Waals surface area (Å²) >= 11 is 11.8. The minimum absolute atomic E-state index is 0.181. The summed E-state index contributed by atoms with van der Waals surface area (Å²) in [5.74, 6) is 0.169. The van der Waals surface area contributed by atoms with E-state index in [2.05, 4.69) is 20.5 Å². The Bertz CT molecular complexity index is 782. The van der Waals surface area contributed by atoms with Gasteiger partial charge in [0.1, 0.15) is 6.33 Å². The lowest BCUT2D eigenvalue weighted by Crippen LogP contribution is -2.14. The molecule has 0 fully saturated rings. The van der Waals surface area contributed by atoms with Crippen LogP contribution in [0.2, 0.25) is 10.0 Å². The van der Waals surface area contributed by atoms with Crippen LogP contribution in [0.3, 0.4) is 0 Å². The van der Waals surface area contributed by atoms with Gasteiger partial charge in [-0.25, -0.2) is 4.98 Å². The van der Waals surface area contributed by atoms with Crippen molar-refractivity contribution >= 4 is 34.8 Å². The maximum Gasteiger partial charge on any atom is 0.276 e. The van der Waals surface area contributed by atoms with Gasteiger partial charge in [-0.15, -0.1) is 10.2 Å². The highest BCUT2D eigenvalue weighted by Gasteiger charge is 2.10. The third kappa shape index (κ3) is 3.24. The van der Waals surface area contributed by atoms with Crippen LogP contribution in [0, 0.1) is 0 Å². The quantitative estimate of drug-likeness (QED) is 0.798. The van der Waals surface area contributed by atoms with E-state index in [9.17, 15) is 4.79 Å². The van der Waals surface area contributed by atoms with Crippen molar-refractivity contribution in [2.24, 2.45) is 0 Å². The Kier molecular flexibility index (Phi) is 4.04. The van der Waals surface area contributed by atoms with E-state index in [-0.39, 0.29) is 5.69 Å². The molecule has 8 heteroatoms. The molecule has 6 nitrogen and oxygen atoms in total. The molecule has 0 bridgehead atoms. The van der Waals surface area contributed by atoms with Crippen LogP contribution in [-0.4, -0.2) is 25.7 Å². The molecule has 0 saturated heterocycles. The Labute approximate surface area is 135 Å². The van der Waals surface area contributed by atoms with Gasteiger partial charge in [0.15, 0.2) is 11.5 Å². The summed E-state index contributed by atoms with van der Waals surface area (Å²) in [4.78, 5) is 16.0. The molecule has 3 rings (SSSR count). The second-order valence-corrected chi connectivity index (χ2v) is 5.23. The largest absolute Gasteiger partial charge is 0.320 e. The molecule has 0 aliphatic heterocycles. The van der Waals surface area contributed by atoms with E-state index >= 15 is 0 Å². The predicted molar refractivity (Wildman–Crippen MR) is 83.6 cm³/mol. The number of carbonyl (C=O) groups excluding carboxylic acids is 1. The zero-order valence-electron chi connectivity index (χ0n) is 11.1. The number of nitrogens with one attached hydrogen (secondary N) is 1. The van der Waals surface area contributed by atoms with Gasteiger partial charge in [-0.3, -0.25) is 9.36 Å². The van der Waals surface area contributed by atoms with E-state index in [0.29, 0.717) is 21.6 Å². The standard InChI is InChI=1S/C14H9Cl2N5O/c15-9-5-10(16)7-11(6-9)18-14(22)12-1-2-13(20-19-12)21-4-3-17-8-21/h1-8H,(H,18,22). The van der Waals surface area contributed by atoms with Crippen molar-refractivity contribution in [2.45, 2.75) is 0 Å². The topological polar surface area (TPSA) is 72.7 Å². The first-order valence-corrected chi connectivity index (χ1v) is 6.97. The molecule has 0 radical (unpaired) electrons. The molecule has 0 unspecified atom stereocenters. The first-order valence-electron chi connectivity index (χ1n) is 6.21. The fourth-order valence-electron chi connectivity index (χ4n) is 1.80. The van der Waals surface area contributed by atoms with Gasteiger partial charge in [0.05, 0.1) is 0 Å². The molecule has 1 aromatic carbocycles. The number of benzene rings is 1. The van der Waals surface area contributed by atoms with E-state index in [1.807, 2.05) is 0 Å². The van der Waals surface area contributed by atoms with Gasteiger partial charge < -0.3 is 5.32 Å².